The number of hydrogen-bond acceptors (Lipinski definition) is 4. The fourth-order valence-corrected chi connectivity index (χ4v) is 3.93. The molecule has 4 amide bonds. The van der Waals surface area contributed by atoms with Gasteiger partial charge in [0.05, 0.1) is 0 Å². The van der Waals surface area contributed by atoms with Crippen molar-refractivity contribution in [2.45, 2.75) is 27.3 Å². The maximum Gasteiger partial charge on any atom is 0.255 e. The first-order chi connectivity index (χ1) is 22.8. The van der Waals surface area contributed by atoms with E-state index in [-0.39, 0.29) is 23.6 Å². The summed E-state index contributed by atoms with van der Waals surface area (Å²) in [5.74, 6) is -0.695. The molecule has 4 rings (SSSR count). The predicted molar refractivity (Wildman–Crippen MR) is 189 cm³/mol. The van der Waals surface area contributed by atoms with Gasteiger partial charge in [-0.05, 0) is 87.0 Å². The van der Waals surface area contributed by atoms with E-state index in [9.17, 15) is 19.2 Å². The monoisotopic (exact) mass is 630 g/mol. The van der Waals surface area contributed by atoms with Gasteiger partial charge in [-0.1, -0.05) is 66.7 Å². The number of carbonyl (C=O) groups excluding carboxylic acids is 4. The van der Waals surface area contributed by atoms with E-state index < -0.39 is 0 Å². The van der Waals surface area contributed by atoms with Crippen molar-refractivity contribution in [3.63, 3.8) is 0 Å². The van der Waals surface area contributed by atoms with Gasteiger partial charge < -0.3 is 21.3 Å². The molecule has 47 heavy (non-hydrogen) atoms. The summed E-state index contributed by atoms with van der Waals surface area (Å²) in [6.45, 7) is 12.5. The lowest BCUT2D eigenvalue weighted by atomic mass is 10.1. The van der Waals surface area contributed by atoms with E-state index in [1.807, 2.05) is 61.5 Å². The molecule has 0 saturated carbocycles. The second-order valence-electron chi connectivity index (χ2n) is 9.94. The zero-order valence-corrected chi connectivity index (χ0v) is 27.1. The average molecular weight is 631 g/mol. The molecule has 0 radical (unpaired) electrons. The van der Waals surface area contributed by atoms with Crippen LogP contribution >= 0.6 is 0 Å². The maximum atomic E-state index is 12.5. The number of amides is 4. The highest BCUT2D eigenvalue weighted by molar-refractivity contribution is 5.98. The lowest BCUT2D eigenvalue weighted by molar-refractivity contribution is 0.0943. The molecule has 8 nitrogen and oxygen atoms in total. The molecule has 4 N–H and O–H groups in total. The van der Waals surface area contributed by atoms with Crippen LogP contribution in [0.15, 0.2) is 152 Å². The highest BCUT2D eigenvalue weighted by atomic mass is 16.2. The van der Waals surface area contributed by atoms with Crippen molar-refractivity contribution in [2.24, 2.45) is 0 Å². The first-order valence-corrected chi connectivity index (χ1v) is 15.0. The summed E-state index contributed by atoms with van der Waals surface area (Å²) >= 11 is 0. The molecule has 0 spiro atoms. The molecule has 0 fully saturated rings. The summed E-state index contributed by atoms with van der Waals surface area (Å²) in [7, 11) is 0. The van der Waals surface area contributed by atoms with Gasteiger partial charge in [0, 0.05) is 46.7 Å². The number of hydrogen-bond donors (Lipinski definition) is 4. The molecular formula is C39H42N4O4. The molecule has 0 aliphatic rings. The van der Waals surface area contributed by atoms with Crippen LogP contribution in [-0.4, -0.2) is 30.2 Å². The van der Waals surface area contributed by atoms with Gasteiger partial charge in [-0.15, -0.1) is 13.2 Å². The van der Waals surface area contributed by atoms with Crippen molar-refractivity contribution < 1.29 is 19.2 Å². The molecule has 0 unspecified atom stereocenters. The molecule has 0 saturated heterocycles. The fraction of sp³-hybridized carbons (Fsp3) is 0.128. The van der Waals surface area contributed by atoms with Gasteiger partial charge in [0.15, 0.2) is 0 Å². The Balaban J connectivity index is 0.000000496. The van der Waals surface area contributed by atoms with Gasteiger partial charge in [-0.25, -0.2) is 0 Å². The Morgan fingerprint density at radius 1 is 0.511 bits per heavy atom. The molecular weight excluding hydrogens is 588 g/mol. The van der Waals surface area contributed by atoms with Crippen LogP contribution in [0.2, 0.25) is 0 Å². The molecule has 8 heteroatoms. The topological polar surface area (TPSA) is 116 Å². The molecule has 4 aromatic carbocycles. The third-order valence-electron chi connectivity index (χ3n) is 6.32. The minimum absolute atomic E-state index is 0.00639. The minimum Gasteiger partial charge on any atom is -0.352 e. The Morgan fingerprint density at radius 3 is 1.28 bits per heavy atom. The van der Waals surface area contributed by atoms with Gasteiger partial charge in [0.1, 0.15) is 0 Å². The lowest BCUT2D eigenvalue weighted by Gasteiger charge is -2.08. The van der Waals surface area contributed by atoms with Crippen LogP contribution in [0.25, 0.3) is 0 Å². The zero-order valence-electron chi connectivity index (χ0n) is 27.1. The number of benzene rings is 4. The number of allylic oxidation sites excluding steroid dienone is 4. The van der Waals surface area contributed by atoms with Crippen LogP contribution < -0.4 is 21.3 Å². The normalized spacial score (nSPS) is 10.5. The van der Waals surface area contributed by atoms with Crippen LogP contribution in [0.3, 0.4) is 0 Å². The van der Waals surface area contributed by atoms with Crippen molar-refractivity contribution in [1.82, 2.24) is 21.3 Å². The van der Waals surface area contributed by atoms with Crippen molar-refractivity contribution >= 4 is 23.6 Å². The fourth-order valence-electron chi connectivity index (χ4n) is 3.93. The number of rotatable bonds is 10. The van der Waals surface area contributed by atoms with Gasteiger partial charge in [-0.3, -0.25) is 19.2 Å². The molecule has 0 heterocycles. The van der Waals surface area contributed by atoms with Gasteiger partial charge in [-0.2, -0.15) is 0 Å². The van der Waals surface area contributed by atoms with Gasteiger partial charge in [0.25, 0.3) is 23.6 Å². The quantitative estimate of drug-likeness (QED) is 0.114. The largest absolute Gasteiger partial charge is 0.352 e. The Labute approximate surface area is 277 Å². The second kappa shape index (κ2) is 20.8. The van der Waals surface area contributed by atoms with Gasteiger partial charge in [0.2, 0.25) is 0 Å². The van der Waals surface area contributed by atoms with E-state index in [0.717, 1.165) is 5.56 Å². The van der Waals surface area contributed by atoms with Crippen molar-refractivity contribution in [1.29, 1.82) is 0 Å². The third-order valence-corrected chi connectivity index (χ3v) is 6.32. The average Bonchev–Trinajstić information content (AvgIpc) is 3.12. The summed E-state index contributed by atoms with van der Waals surface area (Å²) < 4.78 is 0. The lowest BCUT2D eigenvalue weighted by Crippen LogP contribution is -2.24. The van der Waals surface area contributed by atoms with E-state index in [4.69, 9.17) is 0 Å². The molecule has 4 aromatic rings. The number of nitrogens with one attached hydrogen (secondary N) is 4. The van der Waals surface area contributed by atoms with Crippen molar-refractivity contribution in [3.05, 3.63) is 180 Å². The second-order valence-corrected chi connectivity index (χ2v) is 9.94. The number of carbonyl (C=O) groups is 4. The SMILES string of the molecule is C/C(=C\C=C(/C)NC(=O)c1ccc(C(=O)NCc2ccccc2)cc1)NC(=O)c1ccccc1.C=C.CCNC(=O)c1ccccc1. The van der Waals surface area contributed by atoms with Crippen LogP contribution in [0.1, 0.15) is 67.8 Å². The van der Waals surface area contributed by atoms with E-state index in [2.05, 4.69) is 34.4 Å². The Morgan fingerprint density at radius 2 is 0.851 bits per heavy atom. The Kier molecular flexibility index (Phi) is 16.5. The highest BCUT2D eigenvalue weighted by Gasteiger charge is 2.09. The summed E-state index contributed by atoms with van der Waals surface area (Å²) in [6.07, 6.45) is 3.43. The Bertz CT molecular complexity index is 1630. The van der Waals surface area contributed by atoms with E-state index in [1.165, 1.54) is 0 Å². The summed E-state index contributed by atoms with van der Waals surface area (Å²) in [5, 5.41) is 11.2. The van der Waals surface area contributed by atoms with E-state index >= 15 is 0 Å². The first-order valence-electron chi connectivity index (χ1n) is 15.0. The molecule has 0 atom stereocenters. The van der Waals surface area contributed by atoms with Crippen LogP contribution in [0, 0.1) is 0 Å². The molecule has 0 bridgehead atoms. The smallest absolute Gasteiger partial charge is 0.255 e. The maximum absolute atomic E-state index is 12.5. The summed E-state index contributed by atoms with van der Waals surface area (Å²) in [6, 6.07) is 34.2. The molecule has 242 valence electrons. The predicted octanol–water partition coefficient (Wildman–Crippen LogP) is 6.82. The Hall–Kier alpha value is -6.02. The van der Waals surface area contributed by atoms with Crippen molar-refractivity contribution in [2.75, 3.05) is 6.54 Å². The molecule has 0 aliphatic carbocycles. The molecule has 0 aliphatic heterocycles. The van der Waals surface area contributed by atoms with E-state index in [0.29, 0.717) is 46.7 Å². The minimum atomic E-state index is -0.288. The van der Waals surface area contributed by atoms with E-state index in [1.54, 1.807) is 86.7 Å². The first kappa shape index (κ1) is 37.2. The van der Waals surface area contributed by atoms with Crippen LogP contribution in [0.5, 0.6) is 0 Å². The van der Waals surface area contributed by atoms with Crippen molar-refractivity contribution in [3.8, 4) is 0 Å². The van der Waals surface area contributed by atoms with Gasteiger partial charge >= 0.3 is 0 Å². The molecule has 0 aromatic heterocycles. The van der Waals surface area contributed by atoms with Crippen LogP contribution in [0.4, 0.5) is 0 Å². The van der Waals surface area contributed by atoms with Crippen LogP contribution in [-0.2, 0) is 6.54 Å². The zero-order chi connectivity index (χ0) is 34.4. The summed E-state index contributed by atoms with van der Waals surface area (Å²) in [5.41, 5.74) is 4.48. The third kappa shape index (κ3) is 13.7. The highest BCUT2D eigenvalue weighted by Crippen LogP contribution is 2.07. The standard InChI is InChI=1S/C28H27N3O3.C9H11NO.C2H4/c1-20(30-27(33)23-11-7-4-8-12-23)13-14-21(2)31-28(34)25-17-15-24(16-18-25)26(32)29-19-22-9-5-3-6-10-22;1-2-10-9(11)8-6-4-3-5-7-8;1-2/h3-18H,19H2,1-2H3,(H,29,32)(H,30,33)(H,31,34);3-7H,2H2,1H3,(H,10,11);1-2H2/b20-13+,21-14+;;. The summed E-state index contributed by atoms with van der Waals surface area (Å²) in [4.78, 5) is 48.2.